The molecule has 0 spiro atoms. The zero-order valence-corrected chi connectivity index (χ0v) is 25.3. The molecular weight excluding hydrogens is 548 g/mol. The Morgan fingerprint density at radius 1 is 0.500 bits per heavy atom. The fourth-order valence-electron chi connectivity index (χ4n) is 5.57. The summed E-state index contributed by atoms with van der Waals surface area (Å²) < 4.78 is 25.1. The molecule has 220 valence electrons. The van der Waals surface area contributed by atoms with Crippen molar-refractivity contribution in [1.82, 2.24) is 9.55 Å². The van der Waals surface area contributed by atoms with E-state index in [0.717, 1.165) is 50.6 Å². The maximum atomic E-state index is 5.83. The van der Waals surface area contributed by atoms with Crippen LogP contribution in [0.5, 0.6) is 23.0 Å². The Morgan fingerprint density at radius 3 is 1.61 bits per heavy atom. The molecular formula is C38H34N2O4. The molecule has 6 heteroatoms. The molecule has 6 aromatic rings. The second-order valence-electron chi connectivity index (χ2n) is 10.3. The summed E-state index contributed by atoms with van der Waals surface area (Å²) in [5, 5.41) is 0. The summed E-state index contributed by atoms with van der Waals surface area (Å²) in [5.41, 5.74) is 7.94. The molecule has 0 unspecified atom stereocenters. The van der Waals surface area contributed by atoms with Gasteiger partial charge in [-0.2, -0.15) is 0 Å². The lowest BCUT2D eigenvalue weighted by atomic mass is 9.97. The number of rotatable bonds is 10. The summed E-state index contributed by atoms with van der Waals surface area (Å²) >= 11 is 0. The van der Waals surface area contributed by atoms with Gasteiger partial charge in [-0.1, -0.05) is 97.1 Å². The number of benzene rings is 5. The molecule has 0 amide bonds. The SMILES string of the molecule is COc1ccc(-c2cc(OC)c(OC)cc2-c2nc(-c3ccccc3)c(-c3ccccc3)n2Cc2ccccc2)cc1OC. The summed E-state index contributed by atoms with van der Waals surface area (Å²) in [5.74, 6) is 3.32. The zero-order chi connectivity index (χ0) is 30.5. The van der Waals surface area contributed by atoms with Crippen LogP contribution in [0.3, 0.4) is 0 Å². The van der Waals surface area contributed by atoms with E-state index in [9.17, 15) is 0 Å². The quantitative estimate of drug-likeness (QED) is 0.162. The fourth-order valence-corrected chi connectivity index (χ4v) is 5.57. The third-order valence-corrected chi connectivity index (χ3v) is 7.70. The van der Waals surface area contributed by atoms with Gasteiger partial charge in [0.1, 0.15) is 5.82 Å². The van der Waals surface area contributed by atoms with E-state index in [1.807, 2.05) is 60.7 Å². The van der Waals surface area contributed by atoms with E-state index in [1.54, 1.807) is 28.4 Å². The Morgan fingerprint density at radius 2 is 1.02 bits per heavy atom. The first-order valence-corrected chi connectivity index (χ1v) is 14.4. The minimum atomic E-state index is 0.611. The Hall–Kier alpha value is -5.49. The van der Waals surface area contributed by atoms with E-state index in [0.29, 0.717) is 29.5 Å². The van der Waals surface area contributed by atoms with Gasteiger partial charge in [0.05, 0.1) is 39.8 Å². The van der Waals surface area contributed by atoms with Crippen LogP contribution in [0.15, 0.2) is 121 Å². The van der Waals surface area contributed by atoms with Crippen LogP contribution in [-0.2, 0) is 6.54 Å². The van der Waals surface area contributed by atoms with E-state index in [1.165, 1.54) is 0 Å². The molecule has 0 saturated carbocycles. The third kappa shape index (κ3) is 5.50. The van der Waals surface area contributed by atoms with Gasteiger partial charge in [0, 0.05) is 23.2 Å². The summed E-state index contributed by atoms with van der Waals surface area (Å²) in [7, 11) is 6.57. The lowest BCUT2D eigenvalue weighted by molar-refractivity contribution is 0.354. The number of imidazole rings is 1. The van der Waals surface area contributed by atoms with Gasteiger partial charge >= 0.3 is 0 Å². The predicted octanol–water partition coefficient (Wildman–Crippen LogP) is 8.63. The van der Waals surface area contributed by atoms with Gasteiger partial charge in [-0.25, -0.2) is 4.98 Å². The number of nitrogens with zero attached hydrogens (tertiary/aromatic N) is 2. The molecule has 1 aromatic heterocycles. The standard InChI is InChI=1S/C38H34N2O4/c1-41-32-21-20-29(22-33(32)42-2)30-23-34(43-3)35(44-4)24-31(30)38-39-36(27-16-10-6-11-17-27)37(28-18-12-7-13-19-28)40(38)25-26-14-8-5-9-15-26/h5-24H,25H2,1-4H3. The molecule has 1 heterocycles. The average molecular weight is 583 g/mol. The molecule has 0 aliphatic heterocycles. The zero-order valence-electron chi connectivity index (χ0n) is 25.3. The van der Waals surface area contributed by atoms with Crippen molar-refractivity contribution in [1.29, 1.82) is 0 Å². The maximum absolute atomic E-state index is 5.83. The number of hydrogen-bond donors (Lipinski definition) is 0. The van der Waals surface area contributed by atoms with Crippen molar-refractivity contribution in [3.63, 3.8) is 0 Å². The highest BCUT2D eigenvalue weighted by atomic mass is 16.5. The largest absolute Gasteiger partial charge is 0.493 e. The van der Waals surface area contributed by atoms with Crippen molar-refractivity contribution in [2.24, 2.45) is 0 Å². The number of aromatic nitrogens is 2. The summed E-state index contributed by atoms with van der Waals surface area (Å²) in [6.07, 6.45) is 0. The van der Waals surface area contributed by atoms with Crippen LogP contribution in [0, 0.1) is 0 Å². The van der Waals surface area contributed by atoms with Crippen LogP contribution in [0.4, 0.5) is 0 Å². The van der Waals surface area contributed by atoms with E-state index in [2.05, 4.69) is 65.2 Å². The second-order valence-corrected chi connectivity index (χ2v) is 10.3. The van der Waals surface area contributed by atoms with Crippen molar-refractivity contribution in [3.8, 4) is 68.0 Å². The van der Waals surface area contributed by atoms with Crippen molar-refractivity contribution >= 4 is 0 Å². The maximum Gasteiger partial charge on any atom is 0.161 e. The predicted molar refractivity (Wildman–Crippen MR) is 176 cm³/mol. The van der Waals surface area contributed by atoms with Crippen molar-refractivity contribution in [3.05, 3.63) is 127 Å². The summed E-state index contributed by atoms with van der Waals surface area (Å²) in [4.78, 5) is 5.43. The first-order chi connectivity index (χ1) is 21.6. The van der Waals surface area contributed by atoms with Crippen LogP contribution in [0.1, 0.15) is 5.56 Å². The molecule has 0 fully saturated rings. The molecule has 6 rings (SSSR count). The summed E-state index contributed by atoms with van der Waals surface area (Å²) in [6.45, 7) is 0.611. The molecule has 0 bridgehead atoms. The number of hydrogen-bond acceptors (Lipinski definition) is 5. The van der Waals surface area contributed by atoms with Crippen molar-refractivity contribution in [2.75, 3.05) is 28.4 Å². The second kappa shape index (κ2) is 12.8. The van der Waals surface area contributed by atoms with Gasteiger partial charge in [-0.15, -0.1) is 0 Å². The van der Waals surface area contributed by atoms with Crippen molar-refractivity contribution < 1.29 is 18.9 Å². The Balaban J connectivity index is 1.70. The number of methoxy groups -OCH3 is 4. The lowest BCUT2D eigenvalue weighted by Crippen LogP contribution is -2.06. The Labute approximate surface area is 258 Å². The topological polar surface area (TPSA) is 54.7 Å². The van der Waals surface area contributed by atoms with Gasteiger partial charge in [-0.3, -0.25) is 0 Å². The van der Waals surface area contributed by atoms with E-state index < -0.39 is 0 Å². The first-order valence-electron chi connectivity index (χ1n) is 14.4. The first kappa shape index (κ1) is 28.6. The van der Waals surface area contributed by atoms with E-state index >= 15 is 0 Å². The highest BCUT2D eigenvalue weighted by molar-refractivity contribution is 5.89. The molecule has 5 aromatic carbocycles. The highest BCUT2D eigenvalue weighted by Gasteiger charge is 2.25. The minimum absolute atomic E-state index is 0.611. The van der Waals surface area contributed by atoms with Crippen LogP contribution in [0.2, 0.25) is 0 Å². The van der Waals surface area contributed by atoms with E-state index in [-0.39, 0.29) is 0 Å². The third-order valence-electron chi connectivity index (χ3n) is 7.70. The molecule has 0 aliphatic rings. The Bertz CT molecular complexity index is 1870. The van der Waals surface area contributed by atoms with Gasteiger partial charge in [0.15, 0.2) is 23.0 Å². The highest BCUT2D eigenvalue weighted by Crippen LogP contribution is 2.45. The average Bonchev–Trinajstić information content (AvgIpc) is 3.47. The molecule has 44 heavy (non-hydrogen) atoms. The molecule has 0 radical (unpaired) electrons. The molecule has 0 N–H and O–H groups in total. The van der Waals surface area contributed by atoms with Crippen LogP contribution in [0.25, 0.3) is 45.0 Å². The monoisotopic (exact) mass is 582 g/mol. The van der Waals surface area contributed by atoms with Crippen LogP contribution in [-0.4, -0.2) is 38.0 Å². The van der Waals surface area contributed by atoms with Gasteiger partial charge < -0.3 is 23.5 Å². The van der Waals surface area contributed by atoms with Gasteiger partial charge in [-0.05, 0) is 41.0 Å². The van der Waals surface area contributed by atoms with Gasteiger partial charge in [0.25, 0.3) is 0 Å². The Kier molecular flexibility index (Phi) is 8.32. The summed E-state index contributed by atoms with van der Waals surface area (Å²) in [6, 6.07) is 41.2. The fraction of sp³-hybridized carbons (Fsp3) is 0.132. The van der Waals surface area contributed by atoms with Crippen LogP contribution >= 0.6 is 0 Å². The molecule has 0 saturated heterocycles. The van der Waals surface area contributed by atoms with Gasteiger partial charge in [0.2, 0.25) is 0 Å². The minimum Gasteiger partial charge on any atom is -0.493 e. The normalized spacial score (nSPS) is 10.8. The lowest BCUT2D eigenvalue weighted by Gasteiger charge is -2.18. The smallest absolute Gasteiger partial charge is 0.161 e. The van der Waals surface area contributed by atoms with Crippen molar-refractivity contribution in [2.45, 2.75) is 6.54 Å². The molecule has 0 aliphatic carbocycles. The van der Waals surface area contributed by atoms with E-state index in [4.69, 9.17) is 23.9 Å². The molecule has 0 atom stereocenters. The number of ether oxygens (including phenoxy) is 4. The molecule has 6 nitrogen and oxygen atoms in total. The van der Waals surface area contributed by atoms with Crippen LogP contribution < -0.4 is 18.9 Å².